The molecule has 1 atom stereocenters. The largest absolute Gasteiger partial charge is 0.341 e. The average molecular weight is 381 g/mol. The van der Waals surface area contributed by atoms with Crippen molar-refractivity contribution in [2.75, 3.05) is 26.7 Å². The maximum absolute atomic E-state index is 12.6. The van der Waals surface area contributed by atoms with Gasteiger partial charge in [-0.15, -0.1) is 0 Å². The second-order valence-electron chi connectivity index (χ2n) is 8.93. The molecule has 4 heterocycles. The molecule has 148 valence electrons. The first-order chi connectivity index (χ1) is 13.6. The Morgan fingerprint density at radius 1 is 1.21 bits per heavy atom. The molecular weight excluding hydrogens is 354 g/mol. The summed E-state index contributed by atoms with van der Waals surface area (Å²) in [5, 5.41) is 4.15. The Bertz CT molecular complexity index is 839. The lowest BCUT2D eigenvalue weighted by Gasteiger charge is -2.48. The molecule has 5 rings (SSSR count). The van der Waals surface area contributed by atoms with Crippen LogP contribution < -0.4 is 0 Å². The molecule has 28 heavy (non-hydrogen) atoms. The Morgan fingerprint density at radius 2 is 1.96 bits per heavy atom. The van der Waals surface area contributed by atoms with Crippen LogP contribution >= 0.6 is 0 Å². The number of hydrogen-bond donors (Lipinski definition) is 0. The van der Waals surface area contributed by atoms with Crippen LogP contribution in [0.2, 0.25) is 0 Å². The summed E-state index contributed by atoms with van der Waals surface area (Å²) in [5.74, 6) is 2.24. The van der Waals surface area contributed by atoms with Gasteiger partial charge in [-0.3, -0.25) is 14.7 Å². The highest BCUT2D eigenvalue weighted by molar-refractivity contribution is 5.77. The maximum atomic E-state index is 12.6. The fraction of sp³-hybridized carbons (Fsp3) is 0.619. The van der Waals surface area contributed by atoms with Gasteiger partial charge in [-0.2, -0.15) is 4.98 Å². The third kappa shape index (κ3) is 3.21. The molecule has 2 saturated heterocycles. The van der Waals surface area contributed by atoms with Crippen molar-refractivity contribution in [1.82, 2.24) is 24.9 Å². The number of likely N-dealkylation sites (tertiary alicyclic amines) is 2. The Labute approximate surface area is 165 Å². The predicted molar refractivity (Wildman–Crippen MR) is 103 cm³/mol. The van der Waals surface area contributed by atoms with Gasteiger partial charge in [0.2, 0.25) is 17.6 Å². The monoisotopic (exact) mass is 381 g/mol. The second-order valence-corrected chi connectivity index (χ2v) is 8.93. The quantitative estimate of drug-likeness (QED) is 0.811. The van der Waals surface area contributed by atoms with E-state index in [1.165, 1.54) is 25.7 Å². The first-order valence-electron chi connectivity index (χ1n) is 10.3. The maximum Gasteiger partial charge on any atom is 0.244 e. The van der Waals surface area contributed by atoms with Gasteiger partial charge in [-0.1, -0.05) is 18.0 Å². The summed E-state index contributed by atoms with van der Waals surface area (Å²) in [6, 6.07) is 3.89. The molecule has 1 aliphatic carbocycles. The zero-order valence-corrected chi connectivity index (χ0v) is 16.4. The van der Waals surface area contributed by atoms with E-state index in [0.717, 1.165) is 38.0 Å². The first-order valence-corrected chi connectivity index (χ1v) is 10.3. The molecule has 0 aromatic carbocycles. The van der Waals surface area contributed by atoms with Gasteiger partial charge < -0.3 is 9.42 Å². The van der Waals surface area contributed by atoms with E-state index in [9.17, 15) is 4.79 Å². The molecule has 1 saturated carbocycles. The molecule has 2 aromatic heterocycles. The van der Waals surface area contributed by atoms with E-state index in [-0.39, 0.29) is 11.5 Å². The average Bonchev–Trinajstić information content (AvgIpc) is 3.40. The lowest BCUT2D eigenvalue weighted by atomic mass is 9.77. The number of carbonyl (C=O) groups is 1. The zero-order chi connectivity index (χ0) is 19.1. The van der Waals surface area contributed by atoms with E-state index in [1.807, 2.05) is 12.1 Å². The van der Waals surface area contributed by atoms with Crippen molar-refractivity contribution in [2.45, 2.75) is 44.6 Å². The van der Waals surface area contributed by atoms with Crippen molar-refractivity contribution in [1.29, 1.82) is 0 Å². The SMILES string of the molecule is CN1CC2(CC1c1nc(-c3ccncc3)no1)CN(C(=O)CC1CCCC1)C2. The van der Waals surface area contributed by atoms with Crippen LogP contribution in [0.5, 0.6) is 0 Å². The molecule has 2 aliphatic heterocycles. The van der Waals surface area contributed by atoms with E-state index < -0.39 is 0 Å². The van der Waals surface area contributed by atoms with Crippen LogP contribution in [0.3, 0.4) is 0 Å². The van der Waals surface area contributed by atoms with Crippen molar-refractivity contribution < 1.29 is 9.32 Å². The van der Waals surface area contributed by atoms with Gasteiger partial charge in [0, 0.05) is 49.4 Å². The Morgan fingerprint density at radius 3 is 2.71 bits per heavy atom. The second kappa shape index (κ2) is 6.95. The van der Waals surface area contributed by atoms with E-state index in [2.05, 4.69) is 32.0 Å². The summed E-state index contributed by atoms with van der Waals surface area (Å²) in [5.41, 5.74) is 1.09. The minimum Gasteiger partial charge on any atom is -0.341 e. The fourth-order valence-corrected chi connectivity index (χ4v) is 5.29. The number of pyridine rings is 1. The van der Waals surface area contributed by atoms with Gasteiger partial charge in [0.1, 0.15) is 0 Å². The molecule has 3 fully saturated rings. The number of rotatable bonds is 4. The molecule has 0 bridgehead atoms. The van der Waals surface area contributed by atoms with E-state index >= 15 is 0 Å². The van der Waals surface area contributed by atoms with E-state index in [0.29, 0.717) is 23.5 Å². The van der Waals surface area contributed by atoms with Crippen molar-refractivity contribution in [2.24, 2.45) is 11.3 Å². The van der Waals surface area contributed by atoms with Crippen LogP contribution in [-0.4, -0.2) is 57.5 Å². The van der Waals surface area contributed by atoms with Gasteiger partial charge in [0.05, 0.1) is 6.04 Å². The summed E-state index contributed by atoms with van der Waals surface area (Å²) in [6.45, 7) is 2.70. The minimum atomic E-state index is 0.121. The number of hydrogen-bond acceptors (Lipinski definition) is 6. The van der Waals surface area contributed by atoms with Gasteiger partial charge in [-0.25, -0.2) is 0 Å². The fourth-order valence-electron chi connectivity index (χ4n) is 5.29. The first kappa shape index (κ1) is 17.8. The number of carbonyl (C=O) groups excluding carboxylic acids is 1. The smallest absolute Gasteiger partial charge is 0.244 e. The van der Waals surface area contributed by atoms with Crippen LogP contribution in [0.1, 0.15) is 50.5 Å². The third-order valence-corrected chi connectivity index (χ3v) is 6.75. The third-order valence-electron chi connectivity index (χ3n) is 6.75. The Kier molecular flexibility index (Phi) is 4.42. The van der Waals surface area contributed by atoms with Gasteiger partial charge in [0.25, 0.3) is 0 Å². The van der Waals surface area contributed by atoms with Crippen LogP contribution in [-0.2, 0) is 4.79 Å². The van der Waals surface area contributed by atoms with Gasteiger partial charge >= 0.3 is 0 Å². The molecular formula is C21H27N5O2. The number of amides is 1. The molecule has 7 nitrogen and oxygen atoms in total. The lowest BCUT2D eigenvalue weighted by molar-refractivity contribution is -0.143. The molecule has 7 heteroatoms. The minimum absolute atomic E-state index is 0.121. The van der Waals surface area contributed by atoms with Gasteiger partial charge in [0.15, 0.2) is 0 Å². The van der Waals surface area contributed by atoms with Crippen LogP contribution in [0.25, 0.3) is 11.4 Å². The van der Waals surface area contributed by atoms with Crippen molar-refractivity contribution in [3.05, 3.63) is 30.4 Å². The van der Waals surface area contributed by atoms with Crippen molar-refractivity contribution >= 4 is 5.91 Å². The van der Waals surface area contributed by atoms with Crippen molar-refractivity contribution in [3.8, 4) is 11.4 Å². The predicted octanol–water partition coefficient (Wildman–Crippen LogP) is 2.92. The van der Waals surface area contributed by atoms with Crippen molar-refractivity contribution in [3.63, 3.8) is 0 Å². The summed E-state index contributed by atoms with van der Waals surface area (Å²) < 4.78 is 5.59. The zero-order valence-electron chi connectivity index (χ0n) is 16.4. The summed E-state index contributed by atoms with van der Waals surface area (Å²) in [4.78, 5) is 25.6. The van der Waals surface area contributed by atoms with Crippen LogP contribution in [0.4, 0.5) is 0 Å². The van der Waals surface area contributed by atoms with E-state index in [4.69, 9.17) is 4.52 Å². The molecule has 1 spiro atoms. The number of nitrogens with zero attached hydrogens (tertiary/aromatic N) is 5. The summed E-state index contributed by atoms with van der Waals surface area (Å²) >= 11 is 0. The molecule has 1 amide bonds. The molecule has 1 unspecified atom stereocenters. The van der Waals surface area contributed by atoms with Crippen LogP contribution in [0.15, 0.2) is 29.0 Å². The standard InChI is InChI=1S/C21H27N5O2/c1-25-12-21(13-26(14-21)18(27)10-15-4-2-3-5-15)11-17(25)20-23-19(24-28-20)16-6-8-22-9-7-16/h6-9,15,17H,2-5,10-14H2,1H3. The molecule has 2 aromatic rings. The Hall–Kier alpha value is -2.28. The molecule has 0 N–H and O–H groups in total. The molecule has 3 aliphatic rings. The van der Waals surface area contributed by atoms with Gasteiger partial charge in [-0.05, 0) is 44.4 Å². The Balaban J connectivity index is 1.22. The van der Waals surface area contributed by atoms with E-state index in [1.54, 1.807) is 12.4 Å². The topological polar surface area (TPSA) is 75.4 Å². The summed E-state index contributed by atoms with van der Waals surface area (Å²) in [7, 11) is 2.11. The lowest BCUT2D eigenvalue weighted by Crippen LogP contribution is -2.59. The summed E-state index contributed by atoms with van der Waals surface area (Å²) in [6.07, 6.45) is 10.2. The molecule has 0 radical (unpaired) electrons. The normalized spacial score (nSPS) is 24.8. The highest BCUT2D eigenvalue weighted by atomic mass is 16.5. The highest BCUT2D eigenvalue weighted by Crippen LogP contribution is 2.48. The van der Waals surface area contributed by atoms with Crippen LogP contribution in [0, 0.1) is 11.3 Å². The number of aromatic nitrogens is 3. The highest BCUT2D eigenvalue weighted by Gasteiger charge is 2.53.